The highest BCUT2D eigenvalue weighted by Crippen LogP contribution is 2.09. The maximum Gasteiger partial charge on any atom is 0.243 e. The topological polar surface area (TPSA) is 29.1 Å². The third kappa shape index (κ3) is 9.03. The van der Waals surface area contributed by atoms with Gasteiger partial charge in [0, 0.05) is 12.6 Å². The lowest BCUT2D eigenvalue weighted by atomic mass is 10.2. The maximum absolute atomic E-state index is 9.95. The molecule has 0 aliphatic carbocycles. The minimum atomic E-state index is -0.144. The summed E-state index contributed by atoms with van der Waals surface area (Å²) in [5.74, 6) is -0.144. The molecule has 0 radical (unpaired) electrons. The van der Waals surface area contributed by atoms with Crippen LogP contribution in [0.1, 0.15) is 18.9 Å². The van der Waals surface area contributed by atoms with Gasteiger partial charge in [0.25, 0.3) is 0 Å². The SMILES string of the molecule is C=CC(=O)NC.CCC[N+](C)(C)Cc1ccccc1. The van der Waals surface area contributed by atoms with Gasteiger partial charge >= 0.3 is 0 Å². The van der Waals surface area contributed by atoms with Crippen molar-refractivity contribution in [2.24, 2.45) is 0 Å². The van der Waals surface area contributed by atoms with Gasteiger partial charge in [-0.25, -0.2) is 0 Å². The molecule has 0 fully saturated rings. The van der Waals surface area contributed by atoms with E-state index in [2.05, 4.69) is 63.2 Å². The lowest BCUT2D eigenvalue weighted by Gasteiger charge is -2.29. The van der Waals surface area contributed by atoms with Gasteiger partial charge in [-0.15, -0.1) is 0 Å². The van der Waals surface area contributed by atoms with Gasteiger partial charge in [0.05, 0.1) is 20.6 Å². The molecule has 0 heterocycles. The number of likely N-dealkylation sites (N-methyl/N-ethyl adjacent to an activating group) is 1. The number of carbonyl (C=O) groups is 1. The fourth-order valence-corrected chi connectivity index (χ4v) is 1.86. The van der Waals surface area contributed by atoms with E-state index in [9.17, 15) is 4.79 Å². The van der Waals surface area contributed by atoms with E-state index in [-0.39, 0.29) is 5.91 Å². The first-order valence-electron chi connectivity index (χ1n) is 6.65. The minimum Gasteiger partial charge on any atom is -0.356 e. The summed E-state index contributed by atoms with van der Waals surface area (Å²) in [6.45, 7) is 7.84. The van der Waals surface area contributed by atoms with E-state index >= 15 is 0 Å². The molecule has 0 aliphatic rings. The summed E-state index contributed by atoms with van der Waals surface area (Å²) < 4.78 is 1.08. The molecule has 0 spiro atoms. The molecule has 0 saturated heterocycles. The van der Waals surface area contributed by atoms with E-state index in [1.54, 1.807) is 7.05 Å². The summed E-state index contributed by atoms with van der Waals surface area (Å²) in [5, 5.41) is 2.36. The van der Waals surface area contributed by atoms with Crippen LogP contribution in [-0.4, -0.2) is 38.1 Å². The third-order valence-corrected chi connectivity index (χ3v) is 2.71. The van der Waals surface area contributed by atoms with Crippen molar-refractivity contribution in [2.45, 2.75) is 19.9 Å². The Hall–Kier alpha value is -1.61. The number of carbonyl (C=O) groups excluding carboxylic acids is 1. The summed E-state index contributed by atoms with van der Waals surface area (Å²) in [6, 6.07) is 10.7. The van der Waals surface area contributed by atoms with Crippen molar-refractivity contribution in [3.05, 3.63) is 48.6 Å². The highest BCUT2D eigenvalue weighted by molar-refractivity contribution is 5.86. The average molecular weight is 263 g/mol. The number of nitrogens with one attached hydrogen (secondary N) is 1. The van der Waals surface area contributed by atoms with E-state index in [4.69, 9.17) is 0 Å². The molecule has 0 unspecified atom stereocenters. The molecule has 0 aliphatic heterocycles. The van der Waals surface area contributed by atoms with Crippen LogP contribution in [0.3, 0.4) is 0 Å². The minimum absolute atomic E-state index is 0.144. The van der Waals surface area contributed by atoms with Gasteiger partial charge in [-0.2, -0.15) is 0 Å². The van der Waals surface area contributed by atoms with Crippen LogP contribution in [0, 0.1) is 0 Å². The van der Waals surface area contributed by atoms with Gasteiger partial charge in [0.2, 0.25) is 5.91 Å². The van der Waals surface area contributed by atoms with E-state index in [1.165, 1.54) is 24.6 Å². The van der Waals surface area contributed by atoms with Gasteiger partial charge in [0.15, 0.2) is 0 Å². The van der Waals surface area contributed by atoms with Crippen LogP contribution in [0.2, 0.25) is 0 Å². The molecule has 0 bridgehead atoms. The number of hydrogen-bond acceptors (Lipinski definition) is 1. The van der Waals surface area contributed by atoms with Crippen LogP contribution in [-0.2, 0) is 11.3 Å². The Balaban J connectivity index is 0.000000459. The molecule has 19 heavy (non-hydrogen) atoms. The lowest BCUT2D eigenvalue weighted by molar-refractivity contribution is -0.903. The highest BCUT2D eigenvalue weighted by atomic mass is 16.1. The number of nitrogens with zero attached hydrogens (tertiary/aromatic N) is 1. The second-order valence-corrected chi connectivity index (χ2v) is 5.12. The first kappa shape index (κ1) is 17.4. The van der Waals surface area contributed by atoms with Crippen molar-refractivity contribution in [3.8, 4) is 0 Å². The van der Waals surface area contributed by atoms with E-state index in [1.807, 2.05) is 0 Å². The van der Waals surface area contributed by atoms with Gasteiger partial charge in [-0.05, 0) is 12.5 Å². The zero-order chi connectivity index (χ0) is 14.7. The number of benzene rings is 1. The van der Waals surface area contributed by atoms with E-state index in [0.29, 0.717) is 0 Å². The van der Waals surface area contributed by atoms with Crippen LogP contribution < -0.4 is 5.32 Å². The molecule has 3 nitrogen and oxygen atoms in total. The van der Waals surface area contributed by atoms with Crippen molar-refractivity contribution < 1.29 is 9.28 Å². The third-order valence-electron chi connectivity index (χ3n) is 2.71. The Morgan fingerprint density at radius 3 is 2.26 bits per heavy atom. The summed E-state index contributed by atoms with van der Waals surface area (Å²) >= 11 is 0. The van der Waals surface area contributed by atoms with E-state index < -0.39 is 0 Å². The van der Waals surface area contributed by atoms with Crippen molar-refractivity contribution in [2.75, 3.05) is 27.7 Å². The molecular weight excluding hydrogens is 236 g/mol. The maximum atomic E-state index is 9.95. The molecule has 0 aromatic heterocycles. The number of amides is 1. The van der Waals surface area contributed by atoms with Gasteiger partial charge in [-0.3, -0.25) is 4.79 Å². The average Bonchev–Trinajstić information content (AvgIpc) is 2.39. The van der Waals surface area contributed by atoms with Crippen LogP contribution in [0.25, 0.3) is 0 Å². The summed E-state index contributed by atoms with van der Waals surface area (Å²) in [5.41, 5.74) is 1.43. The number of rotatable bonds is 5. The number of hydrogen-bond donors (Lipinski definition) is 1. The fraction of sp³-hybridized carbons (Fsp3) is 0.438. The quantitative estimate of drug-likeness (QED) is 0.642. The first-order chi connectivity index (χ1) is 8.95. The molecule has 1 amide bonds. The van der Waals surface area contributed by atoms with Gasteiger partial charge in [0.1, 0.15) is 6.54 Å². The molecule has 1 N–H and O–H groups in total. The zero-order valence-electron chi connectivity index (χ0n) is 12.6. The molecule has 1 aromatic carbocycles. The first-order valence-corrected chi connectivity index (χ1v) is 6.65. The summed E-state index contributed by atoms with van der Waals surface area (Å²) in [7, 11) is 6.14. The second kappa shape index (κ2) is 9.34. The Kier molecular flexibility index (Phi) is 8.55. The van der Waals surface area contributed by atoms with Crippen LogP contribution in [0.4, 0.5) is 0 Å². The zero-order valence-corrected chi connectivity index (χ0v) is 12.6. The molecule has 1 rings (SSSR count). The Morgan fingerprint density at radius 1 is 1.32 bits per heavy atom. The largest absolute Gasteiger partial charge is 0.356 e. The van der Waals surface area contributed by atoms with Gasteiger partial charge in [-0.1, -0.05) is 43.8 Å². The van der Waals surface area contributed by atoms with E-state index in [0.717, 1.165) is 11.0 Å². The summed E-state index contributed by atoms with van der Waals surface area (Å²) in [6.07, 6.45) is 2.47. The molecule has 0 saturated carbocycles. The smallest absolute Gasteiger partial charge is 0.243 e. The molecule has 0 atom stereocenters. The fourth-order valence-electron chi connectivity index (χ4n) is 1.86. The molecular formula is C16H27N2O+. The van der Waals surface area contributed by atoms with Crippen molar-refractivity contribution in [1.82, 2.24) is 5.32 Å². The molecule has 1 aromatic rings. The van der Waals surface area contributed by atoms with Crippen molar-refractivity contribution in [3.63, 3.8) is 0 Å². The van der Waals surface area contributed by atoms with Crippen LogP contribution >= 0.6 is 0 Å². The van der Waals surface area contributed by atoms with Gasteiger partial charge < -0.3 is 9.80 Å². The number of quaternary nitrogens is 1. The normalized spacial score (nSPS) is 10.1. The second-order valence-electron chi connectivity index (χ2n) is 5.12. The molecule has 3 heteroatoms. The predicted molar refractivity (Wildman–Crippen MR) is 81.7 cm³/mol. The Labute approximate surface area is 117 Å². The van der Waals surface area contributed by atoms with Crippen LogP contribution in [0.5, 0.6) is 0 Å². The monoisotopic (exact) mass is 263 g/mol. The highest BCUT2D eigenvalue weighted by Gasteiger charge is 2.13. The predicted octanol–water partition coefficient (Wildman–Crippen LogP) is 2.59. The Morgan fingerprint density at radius 2 is 1.89 bits per heavy atom. The lowest BCUT2D eigenvalue weighted by Crippen LogP contribution is -2.39. The molecule has 106 valence electrons. The van der Waals surface area contributed by atoms with Crippen molar-refractivity contribution in [1.29, 1.82) is 0 Å². The summed E-state index contributed by atoms with van der Waals surface area (Å²) in [4.78, 5) is 9.95. The standard InChI is InChI=1S/C12H20N.C4H7NO/c1-4-10-13(2,3)11-12-8-6-5-7-9-12;1-3-4(6)5-2/h5-9H,4,10-11H2,1-3H3;3H,1H2,2H3,(H,5,6)/q+1;. The van der Waals surface area contributed by atoms with Crippen molar-refractivity contribution >= 4 is 5.91 Å². The Bertz CT molecular complexity index is 372. The van der Waals surface area contributed by atoms with Crippen LogP contribution in [0.15, 0.2) is 43.0 Å².